The standard InChI is InChI=1S/C13H19F2N/c1-4-5-16-10(3)9(2)11-6-12(14)8-13(15)7-11/h6-10,16H,4-5H2,1-3H3. The topological polar surface area (TPSA) is 12.0 Å². The molecule has 0 fully saturated rings. The summed E-state index contributed by atoms with van der Waals surface area (Å²) in [5.41, 5.74) is 0.702. The summed E-state index contributed by atoms with van der Waals surface area (Å²) in [6.07, 6.45) is 1.05. The van der Waals surface area contributed by atoms with Crippen LogP contribution in [0.25, 0.3) is 0 Å². The van der Waals surface area contributed by atoms with E-state index in [1.165, 1.54) is 12.1 Å². The third kappa shape index (κ3) is 3.56. The molecule has 0 amide bonds. The zero-order chi connectivity index (χ0) is 12.1. The van der Waals surface area contributed by atoms with Gasteiger partial charge in [-0.1, -0.05) is 13.8 Å². The van der Waals surface area contributed by atoms with E-state index in [1.807, 2.05) is 13.8 Å². The van der Waals surface area contributed by atoms with Crippen molar-refractivity contribution < 1.29 is 8.78 Å². The summed E-state index contributed by atoms with van der Waals surface area (Å²) in [6, 6.07) is 3.91. The van der Waals surface area contributed by atoms with E-state index < -0.39 is 11.6 Å². The summed E-state index contributed by atoms with van der Waals surface area (Å²) < 4.78 is 26.1. The molecule has 0 spiro atoms. The molecular weight excluding hydrogens is 208 g/mol. The highest BCUT2D eigenvalue weighted by atomic mass is 19.1. The fourth-order valence-corrected chi connectivity index (χ4v) is 1.68. The average Bonchev–Trinajstić information content (AvgIpc) is 2.23. The third-order valence-corrected chi connectivity index (χ3v) is 2.88. The fourth-order valence-electron chi connectivity index (χ4n) is 1.68. The van der Waals surface area contributed by atoms with Crippen molar-refractivity contribution >= 4 is 0 Å². The van der Waals surface area contributed by atoms with Gasteiger partial charge in [0, 0.05) is 12.1 Å². The maximum atomic E-state index is 13.0. The van der Waals surface area contributed by atoms with Crippen LogP contribution in [0.2, 0.25) is 0 Å². The van der Waals surface area contributed by atoms with Gasteiger partial charge in [0.25, 0.3) is 0 Å². The Kier molecular flexibility index (Phi) is 4.87. The van der Waals surface area contributed by atoms with Gasteiger partial charge in [0.15, 0.2) is 0 Å². The predicted molar refractivity (Wildman–Crippen MR) is 62.5 cm³/mol. The number of halogens is 2. The quantitative estimate of drug-likeness (QED) is 0.812. The molecular formula is C13H19F2N. The van der Waals surface area contributed by atoms with Crippen molar-refractivity contribution in [3.05, 3.63) is 35.4 Å². The van der Waals surface area contributed by atoms with E-state index in [0.717, 1.165) is 19.0 Å². The minimum absolute atomic E-state index is 0.0942. The van der Waals surface area contributed by atoms with Gasteiger partial charge in [0.05, 0.1) is 0 Å². The van der Waals surface area contributed by atoms with Crippen LogP contribution in [0.5, 0.6) is 0 Å². The molecule has 0 aliphatic heterocycles. The van der Waals surface area contributed by atoms with Crippen molar-refractivity contribution in [2.45, 2.75) is 39.2 Å². The smallest absolute Gasteiger partial charge is 0.126 e. The molecule has 0 saturated carbocycles. The Morgan fingerprint density at radius 2 is 1.69 bits per heavy atom. The predicted octanol–water partition coefficient (Wildman–Crippen LogP) is 3.46. The number of hydrogen-bond donors (Lipinski definition) is 1. The molecule has 1 rings (SSSR count). The van der Waals surface area contributed by atoms with Gasteiger partial charge in [-0.2, -0.15) is 0 Å². The first-order valence-electron chi connectivity index (χ1n) is 5.74. The maximum absolute atomic E-state index is 13.0. The largest absolute Gasteiger partial charge is 0.314 e. The molecule has 2 atom stereocenters. The average molecular weight is 227 g/mol. The van der Waals surface area contributed by atoms with Crippen molar-refractivity contribution in [3.8, 4) is 0 Å². The van der Waals surface area contributed by atoms with Crippen LogP contribution >= 0.6 is 0 Å². The van der Waals surface area contributed by atoms with E-state index in [2.05, 4.69) is 12.2 Å². The highest BCUT2D eigenvalue weighted by Crippen LogP contribution is 2.21. The second-order valence-corrected chi connectivity index (χ2v) is 4.23. The lowest BCUT2D eigenvalue weighted by Gasteiger charge is -2.21. The first-order chi connectivity index (χ1) is 7.54. The molecule has 1 aromatic carbocycles. The van der Waals surface area contributed by atoms with Gasteiger partial charge in [0.2, 0.25) is 0 Å². The minimum Gasteiger partial charge on any atom is -0.314 e. The summed E-state index contributed by atoms with van der Waals surface area (Å²) in [5, 5.41) is 3.32. The van der Waals surface area contributed by atoms with Crippen molar-refractivity contribution in [1.29, 1.82) is 0 Å². The minimum atomic E-state index is -0.510. The Hall–Kier alpha value is -0.960. The van der Waals surface area contributed by atoms with Crippen LogP contribution in [0.15, 0.2) is 18.2 Å². The first-order valence-corrected chi connectivity index (χ1v) is 5.74. The van der Waals surface area contributed by atoms with Crippen LogP contribution in [-0.4, -0.2) is 12.6 Å². The van der Waals surface area contributed by atoms with Gasteiger partial charge in [0.1, 0.15) is 11.6 Å². The van der Waals surface area contributed by atoms with E-state index in [0.29, 0.717) is 5.56 Å². The summed E-state index contributed by atoms with van der Waals surface area (Å²) in [5.74, 6) is -0.925. The molecule has 0 aromatic heterocycles. The van der Waals surface area contributed by atoms with Gasteiger partial charge in [-0.15, -0.1) is 0 Å². The van der Waals surface area contributed by atoms with E-state index in [4.69, 9.17) is 0 Å². The van der Waals surface area contributed by atoms with Crippen LogP contribution in [0.3, 0.4) is 0 Å². The van der Waals surface area contributed by atoms with Gasteiger partial charge >= 0.3 is 0 Å². The molecule has 0 bridgehead atoms. The molecule has 0 aliphatic carbocycles. The van der Waals surface area contributed by atoms with Gasteiger partial charge < -0.3 is 5.32 Å². The number of rotatable bonds is 5. The summed E-state index contributed by atoms with van der Waals surface area (Å²) >= 11 is 0. The van der Waals surface area contributed by atoms with E-state index in [9.17, 15) is 8.78 Å². The Bertz CT molecular complexity index is 318. The molecule has 90 valence electrons. The van der Waals surface area contributed by atoms with Crippen molar-refractivity contribution in [1.82, 2.24) is 5.32 Å². The molecule has 16 heavy (non-hydrogen) atoms. The second-order valence-electron chi connectivity index (χ2n) is 4.23. The summed E-state index contributed by atoms with van der Waals surface area (Å²) in [7, 11) is 0. The monoisotopic (exact) mass is 227 g/mol. The molecule has 3 heteroatoms. The third-order valence-electron chi connectivity index (χ3n) is 2.88. The lowest BCUT2D eigenvalue weighted by Crippen LogP contribution is -2.31. The molecule has 0 radical (unpaired) electrons. The SMILES string of the molecule is CCCNC(C)C(C)c1cc(F)cc(F)c1. The molecule has 1 N–H and O–H groups in total. The van der Waals surface area contributed by atoms with Crippen LogP contribution in [0.4, 0.5) is 8.78 Å². The summed E-state index contributed by atoms with van der Waals surface area (Å²) in [4.78, 5) is 0. The molecule has 1 nitrogen and oxygen atoms in total. The molecule has 2 unspecified atom stereocenters. The maximum Gasteiger partial charge on any atom is 0.126 e. The highest BCUT2D eigenvalue weighted by Gasteiger charge is 2.15. The Morgan fingerprint density at radius 3 is 2.19 bits per heavy atom. The lowest BCUT2D eigenvalue weighted by atomic mass is 9.94. The lowest BCUT2D eigenvalue weighted by molar-refractivity contribution is 0.476. The summed E-state index contributed by atoms with van der Waals surface area (Å²) in [6.45, 7) is 7.01. The molecule has 0 heterocycles. The Balaban J connectivity index is 2.74. The highest BCUT2D eigenvalue weighted by molar-refractivity contribution is 5.22. The Labute approximate surface area is 95.9 Å². The van der Waals surface area contributed by atoms with Gasteiger partial charge in [-0.25, -0.2) is 8.78 Å². The van der Waals surface area contributed by atoms with Crippen LogP contribution in [0, 0.1) is 11.6 Å². The normalized spacial score (nSPS) is 14.8. The van der Waals surface area contributed by atoms with Gasteiger partial charge in [-0.3, -0.25) is 0 Å². The van der Waals surface area contributed by atoms with Crippen molar-refractivity contribution in [2.75, 3.05) is 6.54 Å². The van der Waals surface area contributed by atoms with Crippen LogP contribution in [-0.2, 0) is 0 Å². The zero-order valence-electron chi connectivity index (χ0n) is 10.1. The van der Waals surface area contributed by atoms with E-state index in [-0.39, 0.29) is 12.0 Å². The first kappa shape index (κ1) is 13.1. The second kappa shape index (κ2) is 5.94. The molecule has 1 aromatic rings. The van der Waals surface area contributed by atoms with E-state index in [1.54, 1.807) is 0 Å². The van der Waals surface area contributed by atoms with Crippen LogP contribution < -0.4 is 5.32 Å². The van der Waals surface area contributed by atoms with Crippen molar-refractivity contribution in [3.63, 3.8) is 0 Å². The number of benzene rings is 1. The van der Waals surface area contributed by atoms with Gasteiger partial charge in [-0.05, 0) is 43.5 Å². The Morgan fingerprint density at radius 1 is 1.12 bits per heavy atom. The van der Waals surface area contributed by atoms with Crippen LogP contribution in [0.1, 0.15) is 38.7 Å². The number of nitrogens with one attached hydrogen (secondary N) is 1. The molecule has 0 saturated heterocycles. The zero-order valence-corrected chi connectivity index (χ0v) is 10.1. The number of hydrogen-bond acceptors (Lipinski definition) is 1. The van der Waals surface area contributed by atoms with E-state index >= 15 is 0 Å². The van der Waals surface area contributed by atoms with Crippen molar-refractivity contribution in [2.24, 2.45) is 0 Å². The molecule has 0 aliphatic rings. The fraction of sp³-hybridized carbons (Fsp3) is 0.538.